The molecule has 2 aliphatic rings. The number of allylic oxidation sites excluding steroid dienone is 1. The molecule has 1 saturated heterocycles. The summed E-state index contributed by atoms with van der Waals surface area (Å²) in [6.07, 6.45) is 2.43. The number of nitrogens with one attached hydrogen (secondary N) is 3. The highest BCUT2D eigenvalue weighted by Gasteiger charge is 2.36. The largest absolute Gasteiger partial charge is 0.437 e. The number of benzene rings is 1. The number of pyridine rings is 1. The average Bonchev–Trinajstić information content (AvgIpc) is 2.85. The van der Waals surface area contributed by atoms with Gasteiger partial charge in [0, 0.05) is 54.3 Å². The molecule has 2 aromatic rings. The van der Waals surface area contributed by atoms with Gasteiger partial charge in [-0.15, -0.1) is 0 Å². The van der Waals surface area contributed by atoms with Crippen molar-refractivity contribution in [2.75, 3.05) is 18.0 Å². The predicted molar refractivity (Wildman–Crippen MR) is 132 cm³/mol. The van der Waals surface area contributed by atoms with E-state index in [4.69, 9.17) is 10.1 Å². The van der Waals surface area contributed by atoms with Crippen molar-refractivity contribution in [1.82, 2.24) is 15.6 Å². The fourth-order valence-corrected chi connectivity index (χ4v) is 4.81. The minimum absolute atomic E-state index is 0.0615. The highest BCUT2D eigenvalue weighted by Crippen LogP contribution is 2.44. The van der Waals surface area contributed by atoms with Crippen molar-refractivity contribution in [1.29, 1.82) is 5.41 Å². The predicted octanol–water partition coefficient (Wildman–Crippen LogP) is 4.91. The van der Waals surface area contributed by atoms with Crippen LogP contribution >= 0.6 is 0 Å². The van der Waals surface area contributed by atoms with E-state index in [0.717, 1.165) is 38.2 Å². The molecule has 10 heteroatoms. The van der Waals surface area contributed by atoms with Crippen molar-refractivity contribution >= 4 is 23.4 Å². The number of rotatable bonds is 6. The second kappa shape index (κ2) is 10.7. The molecule has 1 atom stereocenters. The van der Waals surface area contributed by atoms with E-state index in [2.05, 4.69) is 15.6 Å². The van der Waals surface area contributed by atoms with Gasteiger partial charge in [0.05, 0.1) is 5.69 Å². The van der Waals surface area contributed by atoms with E-state index >= 15 is 0 Å². The summed E-state index contributed by atoms with van der Waals surface area (Å²) in [6, 6.07) is 5.77. The van der Waals surface area contributed by atoms with Gasteiger partial charge in [-0.05, 0) is 70.0 Å². The number of fused-ring (bicyclic) bond motifs is 1. The zero-order chi connectivity index (χ0) is 25.9. The first kappa shape index (κ1) is 25.7. The monoisotopic (exact) mass is 501 g/mol. The number of carbonyl (C=O) groups is 1. The van der Waals surface area contributed by atoms with Crippen molar-refractivity contribution in [3.8, 4) is 11.6 Å². The van der Waals surface area contributed by atoms with E-state index in [9.17, 15) is 18.0 Å². The van der Waals surface area contributed by atoms with Crippen LogP contribution in [-0.2, 0) is 17.4 Å². The lowest BCUT2D eigenvalue weighted by Crippen LogP contribution is -2.40. The third kappa shape index (κ3) is 5.38. The molecule has 4 rings (SSSR count). The number of amides is 1. The molecule has 1 aromatic heterocycles. The van der Waals surface area contributed by atoms with E-state index in [1.807, 2.05) is 6.92 Å². The maximum atomic E-state index is 13.7. The van der Waals surface area contributed by atoms with Gasteiger partial charge in [-0.25, -0.2) is 4.98 Å². The molecular weight excluding hydrogens is 471 g/mol. The Morgan fingerprint density at radius 2 is 2.00 bits per heavy atom. The second-order valence-corrected chi connectivity index (χ2v) is 9.11. The van der Waals surface area contributed by atoms with Gasteiger partial charge in [0.1, 0.15) is 11.3 Å². The molecule has 2 aliphatic heterocycles. The van der Waals surface area contributed by atoms with Gasteiger partial charge >= 0.3 is 6.18 Å². The SMILES string of the molecule is CC(=O)N1c2ccc(/C(C=N)=C/NC3CCNCC3)c(Oc3ncccc3C(F)(F)F)c2CC[C@@H]1C. The Morgan fingerprint density at radius 1 is 1.25 bits per heavy atom. The Kier molecular flexibility index (Phi) is 7.63. The quantitative estimate of drug-likeness (QED) is 0.490. The number of halogens is 3. The van der Waals surface area contributed by atoms with Crippen LogP contribution in [0.25, 0.3) is 5.57 Å². The molecule has 192 valence electrons. The first-order chi connectivity index (χ1) is 17.2. The lowest BCUT2D eigenvalue weighted by Gasteiger charge is -2.36. The Morgan fingerprint density at radius 3 is 2.67 bits per heavy atom. The maximum Gasteiger partial charge on any atom is 0.421 e. The van der Waals surface area contributed by atoms with Crippen molar-refractivity contribution < 1.29 is 22.7 Å². The van der Waals surface area contributed by atoms with Crippen molar-refractivity contribution in [3.05, 3.63) is 53.4 Å². The van der Waals surface area contributed by atoms with Crippen LogP contribution in [0.5, 0.6) is 11.6 Å². The molecule has 1 fully saturated rings. The van der Waals surface area contributed by atoms with Gasteiger partial charge < -0.3 is 25.7 Å². The number of piperidine rings is 1. The lowest BCUT2D eigenvalue weighted by atomic mass is 9.91. The van der Waals surface area contributed by atoms with E-state index < -0.39 is 17.6 Å². The smallest absolute Gasteiger partial charge is 0.421 e. The molecule has 0 bridgehead atoms. The van der Waals surface area contributed by atoms with Gasteiger partial charge in [0.25, 0.3) is 0 Å². The number of anilines is 1. The molecule has 1 amide bonds. The zero-order valence-electron chi connectivity index (χ0n) is 20.3. The minimum atomic E-state index is -4.66. The zero-order valence-corrected chi connectivity index (χ0v) is 20.3. The second-order valence-electron chi connectivity index (χ2n) is 9.11. The summed E-state index contributed by atoms with van der Waals surface area (Å²) in [5.74, 6) is -0.550. The molecule has 0 unspecified atom stereocenters. The Bertz CT molecular complexity index is 1160. The number of hydrogen-bond donors (Lipinski definition) is 3. The van der Waals surface area contributed by atoms with Gasteiger partial charge in [0.2, 0.25) is 11.8 Å². The van der Waals surface area contributed by atoms with Gasteiger partial charge in [0.15, 0.2) is 0 Å². The highest BCUT2D eigenvalue weighted by molar-refractivity contribution is 6.10. The van der Waals surface area contributed by atoms with Crippen LogP contribution < -0.4 is 20.3 Å². The molecule has 36 heavy (non-hydrogen) atoms. The van der Waals surface area contributed by atoms with Gasteiger partial charge in [-0.1, -0.05) is 0 Å². The molecule has 3 heterocycles. The molecule has 3 N–H and O–H groups in total. The molecule has 0 aliphatic carbocycles. The van der Waals surface area contributed by atoms with Crippen molar-refractivity contribution in [2.24, 2.45) is 0 Å². The summed E-state index contributed by atoms with van der Waals surface area (Å²) >= 11 is 0. The number of aromatic nitrogens is 1. The van der Waals surface area contributed by atoms with E-state index in [1.165, 1.54) is 19.2 Å². The number of alkyl halides is 3. The van der Waals surface area contributed by atoms with E-state index in [-0.39, 0.29) is 23.7 Å². The first-order valence-electron chi connectivity index (χ1n) is 12.0. The number of ether oxygens (including phenoxy) is 1. The van der Waals surface area contributed by atoms with Crippen molar-refractivity contribution in [2.45, 2.75) is 57.8 Å². The average molecular weight is 502 g/mol. The van der Waals surface area contributed by atoms with Gasteiger partial charge in [-0.3, -0.25) is 4.79 Å². The van der Waals surface area contributed by atoms with Crippen LogP contribution in [0.2, 0.25) is 0 Å². The summed E-state index contributed by atoms with van der Waals surface area (Å²) in [7, 11) is 0. The Balaban J connectivity index is 1.83. The molecule has 0 radical (unpaired) electrons. The normalized spacial score (nSPS) is 19.0. The van der Waals surface area contributed by atoms with E-state index in [0.29, 0.717) is 35.2 Å². The van der Waals surface area contributed by atoms with Crippen LogP contribution in [0.3, 0.4) is 0 Å². The number of nitrogens with zero attached hydrogens (tertiary/aromatic N) is 2. The van der Waals surface area contributed by atoms with Crippen LogP contribution in [0.15, 0.2) is 36.7 Å². The van der Waals surface area contributed by atoms with E-state index in [1.54, 1.807) is 23.2 Å². The summed E-state index contributed by atoms with van der Waals surface area (Å²) < 4.78 is 47.1. The molecule has 7 nitrogen and oxygen atoms in total. The third-order valence-electron chi connectivity index (χ3n) is 6.64. The van der Waals surface area contributed by atoms with Crippen LogP contribution in [-0.4, -0.2) is 42.3 Å². The summed E-state index contributed by atoms with van der Waals surface area (Å²) in [5, 5.41) is 14.7. The fourth-order valence-electron chi connectivity index (χ4n) is 4.81. The minimum Gasteiger partial charge on any atom is -0.437 e. The number of hydrogen-bond acceptors (Lipinski definition) is 6. The molecule has 0 spiro atoms. The van der Waals surface area contributed by atoms with Crippen LogP contribution in [0.4, 0.5) is 18.9 Å². The lowest BCUT2D eigenvalue weighted by molar-refractivity contribution is -0.138. The van der Waals surface area contributed by atoms with Crippen LogP contribution in [0.1, 0.15) is 49.8 Å². The number of carbonyl (C=O) groups excluding carboxylic acids is 1. The highest BCUT2D eigenvalue weighted by atomic mass is 19.4. The maximum absolute atomic E-state index is 13.7. The fraction of sp³-hybridized carbons (Fsp3) is 0.423. The standard InChI is InChI=1S/C26H30F3N5O2/c1-16-5-6-21-23(34(16)17(2)35)8-7-20(18(14-30)15-33-19-9-12-31-13-10-19)24(21)36-25-22(26(27,28)29)4-3-11-32-25/h3-4,7-8,11,14-16,19,30-31,33H,5-6,9-10,12-13H2,1-2H3/b18-15+,30-14?/t16-/m0/s1. The molecule has 0 saturated carbocycles. The summed E-state index contributed by atoms with van der Waals surface area (Å²) in [4.78, 5) is 18.0. The molecule has 1 aromatic carbocycles. The third-order valence-corrected chi connectivity index (χ3v) is 6.64. The first-order valence-corrected chi connectivity index (χ1v) is 12.0. The Hall–Kier alpha value is -3.40. The van der Waals surface area contributed by atoms with Crippen molar-refractivity contribution in [3.63, 3.8) is 0 Å². The Labute approximate surface area is 208 Å². The summed E-state index contributed by atoms with van der Waals surface area (Å²) in [6.45, 7) is 5.17. The molecular formula is C26H30F3N5O2. The summed E-state index contributed by atoms with van der Waals surface area (Å²) in [5.41, 5.74) is 1.15. The van der Waals surface area contributed by atoms with Crippen LogP contribution in [0, 0.1) is 5.41 Å². The van der Waals surface area contributed by atoms with Gasteiger partial charge in [-0.2, -0.15) is 13.2 Å². The topological polar surface area (TPSA) is 90.3 Å².